The third-order valence-corrected chi connectivity index (χ3v) is 3.29. The van der Waals surface area contributed by atoms with Crippen molar-refractivity contribution in [1.82, 2.24) is 19.5 Å². The summed E-state index contributed by atoms with van der Waals surface area (Å²) < 4.78 is 7.63. The molecule has 19 heavy (non-hydrogen) atoms. The van der Waals surface area contributed by atoms with Crippen LogP contribution in [-0.2, 0) is 4.74 Å². The van der Waals surface area contributed by atoms with Crippen LogP contribution in [0.1, 0.15) is 24.9 Å². The van der Waals surface area contributed by atoms with Gasteiger partial charge in [-0.1, -0.05) is 6.58 Å². The number of anilines is 1. The number of hydrogen-bond acceptors (Lipinski definition) is 6. The predicted octanol–water partition coefficient (Wildman–Crippen LogP) is 0.721. The Labute approximate surface area is 109 Å². The number of hydrogen-bond donors (Lipinski definition) is 2. The summed E-state index contributed by atoms with van der Waals surface area (Å²) in [6, 6.07) is 0. The molecule has 0 amide bonds. The highest BCUT2D eigenvalue weighted by Crippen LogP contribution is 2.32. The molecule has 3 heterocycles. The summed E-state index contributed by atoms with van der Waals surface area (Å²) in [5.41, 5.74) is 6.98. The van der Waals surface area contributed by atoms with Crippen molar-refractivity contribution in [2.75, 3.05) is 12.3 Å². The SMILES string of the molecule is C=Cc1nc2c(N)ncnc2n1[C@H]1CC[C@@H](CO)O1. The number of nitrogens with two attached hydrogens (primary N) is 1. The maximum atomic E-state index is 9.15. The van der Waals surface area contributed by atoms with Gasteiger partial charge in [-0.15, -0.1) is 0 Å². The Morgan fingerprint density at radius 3 is 3.05 bits per heavy atom. The molecule has 3 rings (SSSR count). The van der Waals surface area contributed by atoms with E-state index < -0.39 is 0 Å². The third-order valence-electron chi connectivity index (χ3n) is 3.29. The van der Waals surface area contributed by atoms with Crippen LogP contribution in [0.5, 0.6) is 0 Å². The topological polar surface area (TPSA) is 99.1 Å². The molecule has 0 bridgehead atoms. The molecule has 1 fully saturated rings. The van der Waals surface area contributed by atoms with E-state index in [1.54, 1.807) is 6.08 Å². The minimum absolute atomic E-state index is 0.0175. The van der Waals surface area contributed by atoms with Crippen molar-refractivity contribution in [2.45, 2.75) is 25.2 Å². The van der Waals surface area contributed by atoms with Crippen molar-refractivity contribution in [1.29, 1.82) is 0 Å². The number of rotatable bonds is 3. The fourth-order valence-electron chi connectivity index (χ4n) is 2.38. The standard InChI is InChI=1S/C12H15N5O2/c1-2-8-16-10-11(13)14-6-15-12(10)17(8)9-4-3-7(5-18)19-9/h2,6-7,9,18H,1,3-5H2,(H2,13,14,15)/t7-,9+/m0/s1. The molecular weight excluding hydrogens is 246 g/mol. The lowest BCUT2D eigenvalue weighted by atomic mass is 10.2. The molecule has 2 aromatic rings. The monoisotopic (exact) mass is 261 g/mol. The number of aliphatic hydroxyl groups excluding tert-OH is 1. The van der Waals surface area contributed by atoms with E-state index in [0.717, 1.165) is 12.8 Å². The van der Waals surface area contributed by atoms with Crippen molar-refractivity contribution in [3.05, 3.63) is 18.7 Å². The quantitative estimate of drug-likeness (QED) is 0.844. The highest BCUT2D eigenvalue weighted by molar-refractivity contribution is 5.83. The number of fused-ring (bicyclic) bond motifs is 1. The molecule has 0 saturated carbocycles. The van der Waals surface area contributed by atoms with Crippen LogP contribution in [0.15, 0.2) is 12.9 Å². The summed E-state index contributed by atoms with van der Waals surface area (Å²) in [5.74, 6) is 0.981. The minimum Gasteiger partial charge on any atom is -0.394 e. The zero-order valence-electron chi connectivity index (χ0n) is 10.4. The Kier molecular flexibility index (Phi) is 2.92. The molecule has 7 nitrogen and oxygen atoms in total. The largest absolute Gasteiger partial charge is 0.394 e. The van der Waals surface area contributed by atoms with Gasteiger partial charge in [-0.25, -0.2) is 15.0 Å². The van der Waals surface area contributed by atoms with Gasteiger partial charge in [0, 0.05) is 0 Å². The Bertz CT molecular complexity index is 624. The van der Waals surface area contributed by atoms with Crippen LogP contribution >= 0.6 is 0 Å². The highest BCUT2D eigenvalue weighted by atomic mass is 16.5. The van der Waals surface area contributed by atoms with Crippen LogP contribution in [0, 0.1) is 0 Å². The average Bonchev–Trinajstić information content (AvgIpc) is 3.02. The van der Waals surface area contributed by atoms with Gasteiger partial charge in [0.05, 0.1) is 12.7 Å². The first-order valence-corrected chi connectivity index (χ1v) is 6.11. The second-order valence-corrected chi connectivity index (χ2v) is 4.45. The van der Waals surface area contributed by atoms with E-state index in [1.165, 1.54) is 6.33 Å². The first-order valence-electron chi connectivity index (χ1n) is 6.11. The van der Waals surface area contributed by atoms with E-state index in [4.69, 9.17) is 15.6 Å². The summed E-state index contributed by atoms with van der Waals surface area (Å²) in [6.45, 7) is 3.77. The number of aromatic nitrogens is 4. The van der Waals surface area contributed by atoms with E-state index in [9.17, 15) is 0 Å². The third kappa shape index (κ3) is 1.87. The molecule has 1 aliphatic heterocycles. The number of imidazole rings is 1. The van der Waals surface area contributed by atoms with Crippen molar-refractivity contribution >= 4 is 23.1 Å². The maximum absolute atomic E-state index is 9.15. The molecule has 0 unspecified atom stereocenters. The van der Waals surface area contributed by atoms with Gasteiger partial charge in [-0.05, 0) is 18.9 Å². The van der Waals surface area contributed by atoms with E-state index in [2.05, 4.69) is 21.5 Å². The molecule has 0 radical (unpaired) electrons. The van der Waals surface area contributed by atoms with Crippen LogP contribution in [-0.4, -0.2) is 37.3 Å². The van der Waals surface area contributed by atoms with E-state index in [0.29, 0.717) is 22.8 Å². The summed E-state index contributed by atoms with van der Waals surface area (Å²) in [6.07, 6.45) is 4.29. The molecular formula is C12H15N5O2. The number of ether oxygens (including phenoxy) is 1. The molecule has 1 saturated heterocycles. The minimum atomic E-state index is -0.204. The molecule has 100 valence electrons. The van der Waals surface area contributed by atoms with Crippen molar-refractivity contribution in [3.8, 4) is 0 Å². The van der Waals surface area contributed by atoms with Crippen LogP contribution in [0.3, 0.4) is 0 Å². The molecule has 0 aromatic carbocycles. The van der Waals surface area contributed by atoms with Gasteiger partial charge in [0.15, 0.2) is 17.0 Å². The molecule has 0 aliphatic carbocycles. The van der Waals surface area contributed by atoms with Crippen LogP contribution in [0.25, 0.3) is 17.2 Å². The fraction of sp³-hybridized carbons (Fsp3) is 0.417. The first-order chi connectivity index (χ1) is 9.24. The van der Waals surface area contributed by atoms with E-state index in [-0.39, 0.29) is 18.9 Å². The van der Waals surface area contributed by atoms with Crippen LogP contribution in [0.4, 0.5) is 5.82 Å². The van der Waals surface area contributed by atoms with Gasteiger partial charge < -0.3 is 15.6 Å². The maximum Gasteiger partial charge on any atom is 0.168 e. The van der Waals surface area contributed by atoms with Crippen LogP contribution < -0.4 is 5.73 Å². The Balaban J connectivity index is 2.12. The van der Waals surface area contributed by atoms with Gasteiger partial charge in [0.25, 0.3) is 0 Å². The molecule has 7 heteroatoms. The Hall–Kier alpha value is -1.99. The van der Waals surface area contributed by atoms with Gasteiger partial charge in [0.2, 0.25) is 0 Å². The molecule has 0 spiro atoms. The average molecular weight is 261 g/mol. The van der Waals surface area contributed by atoms with Crippen molar-refractivity contribution in [3.63, 3.8) is 0 Å². The summed E-state index contributed by atoms with van der Waals surface area (Å²) >= 11 is 0. The zero-order chi connectivity index (χ0) is 13.4. The second kappa shape index (κ2) is 4.60. The van der Waals surface area contributed by atoms with Crippen LogP contribution in [0.2, 0.25) is 0 Å². The smallest absolute Gasteiger partial charge is 0.168 e. The molecule has 3 N–H and O–H groups in total. The van der Waals surface area contributed by atoms with Gasteiger partial charge in [0.1, 0.15) is 18.4 Å². The normalized spacial score (nSPS) is 23.0. The molecule has 1 aliphatic rings. The first kappa shape index (κ1) is 12.1. The predicted molar refractivity (Wildman–Crippen MR) is 70.1 cm³/mol. The second-order valence-electron chi connectivity index (χ2n) is 4.45. The number of nitrogen functional groups attached to an aromatic ring is 1. The highest BCUT2D eigenvalue weighted by Gasteiger charge is 2.29. The van der Waals surface area contributed by atoms with Crippen molar-refractivity contribution in [2.24, 2.45) is 0 Å². The fourth-order valence-corrected chi connectivity index (χ4v) is 2.38. The summed E-state index contributed by atoms with van der Waals surface area (Å²) in [7, 11) is 0. The number of nitrogens with zero attached hydrogens (tertiary/aromatic N) is 4. The summed E-state index contributed by atoms with van der Waals surface area (Å²) in [5, 5.41) is 9.15. The number of aliphatic hydroxyl groups is 1. The summed E-state index contributed by atoms with van der Waals surface area (Å²) in [4.78, 5) is 12.5. The van der Waals surface area contributed by atoms with E-state index in [1.807, 2.05) is 4.57 Å². The van der Waals surface area contributed by atoms with Gasteiger partial charge >= 0.3 is 0 Å². The Morgan fingerprint density at radius 2 is 2.37 bits per heavy atom. The molecule has 2 aromatic heterocycles. The lowest BCUT2D eigenvalue weighted by molar-refractivity contribution is -0.0209. The molecule has 2 atom stereocenters. The Morgan fingerprint density at radius 1 is 1.53 bits per heavy atom. The zero-order valence-corrected chi connectivity index (χ0v) is 10.4. The van der Waals surface area contributed by atoms with Crippen molar-refractivity contribution < 1.29 is 9.84 Å². The lowest BCUT2D eigenvalue weighted by Gasteiger charge is -2.15. The van der Waals surface area contributed by atoms with Gasteiger partial charge in [-0.3, -0.25) is 4.57 Å². The lowest BCUT2D eigenvalue weighted by Crippen LogP contribution is -2.15. The van der Waals surface area contributed by atoms with E-state index >= 15 is 0 Å². The van der Waals surface area contributed by atoms with Gasteiger partial charge in [-0.2, -0.15) is 0 Å².